The maximum Gasteiger partial charge on any atom is 0.254 e. The summed E-state index contributed by atoms with van der Waals surface area (Å²) in [5.41, 5.74) is 7.27. The van der Waals surface area contributed by atoms with E-state index in [2.05, 4.69) is 9.97 Å². The van der Waals surface area contributed by atoms with Crippen LogP contribution in [-0.2, 0) is 6.42 Å². The van der Waals surface area contributed by atoms with E-state index in [1.807, 2.05) is 13.8 Å². The Bertz CT molecular complexity index is 370. The van der Waals surface area contributed by atoms with Gasteiger partial charge in [-0.1, -0.05) is 13.8 Å². The van der Waals surface area contributed by atoms with E-state index < -0.39 is 0 Å². The first-order valence-corrected chi connectivity index (χ1v) is 4.95. The number of hydrogen-bond acceptors (Lipinski definition) is 3. The van der Waals surface area contributed by atoms with Crippen LogP contribution in [0, 0.1) is 6.92 Å². The molecule has 0 aromatic carbocycles. The molecule has 1 rings (SSSR count). The van der Waals surface area contributed by atoms with Crippen molar-refractivity contribution in [3.8, 4) is 0 Å². The minimum atomic E-state index is -0.173. The lowest BCUT2D eigenvalue weighted by Crippen LogP contribution is -2.22. The van der Waals surface area contributed by atoms with Crippen molar-refractivity contribution in [1.29, 1.82) is 0 Å². The van der Waals surface area contributed by atoms with Gasteiger partial charge in [0.1, 0.15) is 5.82 Å². The second-order valence-corrected chi connectivity index (χ2v) is 3.39. The third kappa shape index (κ3) is 2.01. The summed E-state index contributed by atoms with van der Waals surface area (Å²) in [5.74, 6) is 0.597. The smallest absolute Gasteiger partial charge is 0.254 e. The van der Waals surface area contributed by atoms with E-state index in [9.17, 15) is 4.79 Å². The van der Waals surface area contributed by atoms with Crippen molar-refractivity contribution < 1.29 is 0 Å². The van der Waals surface area contributed by atoms with Gasteiger partial charge in [-0.2, -0.15) is 0 Å². The topological polar surface area (TPSA) is 71.8 Å². The summed E-state index contributed by atoms with van der Waals surface area (Å²) in [6.07, 6.45) is 1.54. The molecule has 1 aromatic rings. The SMILES string of the molecule is CCc1nc(C(N)CC)[nH]c(=O)c1C. The average molecular weight is 195 g/mol. The predicted molar refractivity (Wildman–Crippen MR) is 56.2 cm³/mol. The normalized spacial score (nSPS) is 12.9. The molecule has 1 atom stereocenters. The molecule has 4 nitrogen and oxygen atoms in total. The molecule has 4 heteroatoms. The molecule has 1 heterocycles. The number of rotatable bonds is 3. The summed E-state index contributed by atoms with van der Waals surface area (Å²) in [4.78, 5) is 18.5. The van der Waals surface area contributed by atoms with E-state index in [-0.39, 0.29) is 11.6 Å². The summed E-state index contributed by atoms with van der Waals surface area (Å²) < 4.78 is 0. The summed E-state index contributed by atoms with van der Waals surface area (Å²) in [5, 5.41) is 0. The van der Waals surface area contributed by atoms with Crippen molar-refractivity contribution in [2.45, 2.75) is 39.7 Å². The van der Waals surface area contributed by atoms with Gasteiger partial charge in [0.05, 0.1) is 11.7 Å². The molecular weight excluding hydrogens is 178 g/mol. The van der Waals surface area contributed by atoms with Crippen LogP contribution in [0.3, 0.4) is 0 Å². The molecular formula is C10H17N3O. The Morgan fingerprint density at radius 1 is 1.50 bits per heavy atom. The zero-order chi connectivity index (χ0) is 10.7. The fourth-order valence-electron chi connectivity index (χ4n) is 1.31. The maximum atomic E-state index is 11.5. The molecule has 0 aliphatic carbocycles. The zero-order valence-electron chi connectivity index (χ0n) is 8.92. The van der Waals surface area contributed by atoms with Crippen LogP contribution in [-0.4, -0.2) is 9.97 Å². The lowest BCUT2D eigenvalue weighted by atomic mass is 10.1. The molecule has 0 radical (unpaired) electrons. The molecule has 0 spiro atoms. The van der Waals surface area contributed by atoms with Crippen LogP contribution in [0.5, 0.6) is 0 Å². The second-order valence-electron chi connectivity index (χ2n) is 3.39. The van der Waals surface area contributed by atoms with Crippen molar-refractivity contribution in [2.75, 3.05) is 0 Å². The number of aromatic amines is 1. The van der Waals surface area contributed by atoms with Gasteiger partial charge in [0.25, 0.3) is 5.56 Å². The van der Waals surface area contributed by atoms with Crippen LogP contribution in [0.2, 0.25) is 0 Å². The Balaban J connectivity index is 3.23. The molecule has 0 saturated carbocycles. The third-order valence-electron chi connectivity index (χ3n) is 2.40. The molecule has 78 valence electrons. The van der Waals surface area contributed by atoms with Gasteiger partial charge in [-0.25, -0.2) is 4.98 Å². The molecule has 1 aromatic heterocycles. The Morgan fingerprint density at radius 2 is 2.14 bits per heavy atom. The Hall–Kier alpha value is -1.16. The van der Waals surface area contributed by atoms with Crippen molar-refractivity contribution in [2.24, 2.45) is 5.73 Å². The number of aryl methyl sites for hydroxylation is 1. The van der Waals surface area contributed by atoms with Gasteiger partial charge in [0.15, 0.2) is 0 Å². The maximum absolute atomic E-state index is 11.5. The highest BCUT2D eigenvalue weighted by Gasteiger charge is 2.10. The van der Waals surface area contributed by atoms with Crippen molar-refractivity contribution in [1.82, 2.24) is 9.97 Å². The summed E-state index contributed by atoms with van der Waals surface area (Å²) in [7, 11) is 0. The number of nitrogens with zero attached hydrogens (tertiary/aromatic N) is 1. The van der Waals surface area contributed by atoms with Crippen molar-refractivity contribution in [3.05, 3.63) is 27.4 Å². The zero-order valence-corrected chi connectivity index (χ0v) is 8.92. The van der Waals surface area contributed by atoms with Gasteiger partial charge in [-0.05, 0) is 19.8 Å². The van der Waals surface area contributed by atoms with Crippen LogP contribution >= 0.6 is 0 Å². The largest absolute Gasteiger partial charge is 0.321 e. The lowest BCUT2D eigenvalue weighted by molar-refractivity contribution is 0.637. The van der Waals surface area contributed by atoms with Gasteiger partial charge >= 0.3 is 0 Å². The molecule has 1 unspecified atom stereocenters. The van der Waals surface area contributed by atoms with E-state index >= 15 is 0 Å². The molecule has 0 aliphatic rings. The van der Waals surface area contributed by atoms with Crippen LogP contribution in [0.1, 0.15) is 43.4 Å². The molecule has 0 bridgehead atoms. The van der Waals surface area contributed by atoms with E-state index in [1.165, 1.54) is 0 Å². The predicted octanol–water partition coefficient (Wildman–Crippen LogP) is 1.05. The summed E-state index contributed by atoms with van der Waals surface area (Å²) in [6.45, 7) is 5.73. The Morgan fingerprint density at radius 3 is 2.64 bits per heavy atom. The number of nitrogens with two attached hydrogens (primary N) is 1. The highest BCUT2D eigenvalue weighted by molar-refractivity contribution is 5.16. The van der Waals surface area contributed by atoms with Gasteiger partial charge in [0, 0.05) is 5.56 Å². The van der Waals surface area contributed by atoms with Crippen molar-refractivity contribution >= 4 is 0 Å². The standard InChI is InChI=1S/C10H17N3O/c1-4-7(11)9-12-8(5-2)6(3)10(14)13-9/h7H,4-5,11H2,1-3H3,(H,12,13,14). The van der Waals surface area contributed by atoms with Crippen LogP contribution in [0.25, 0.3) is 0 Å². The summed E-state index contributed by atoms with van der Waals surface area (Å²) in [6, 6.07) is -0.173. The van der Waals surface area contributed by atoms with E-state index in [4.69, 9.17) is 5.73 Å². The van der Waals surface area contributed by atoms with Gasteiger partial charge in [-0.3, -0.25) is 4.79 Å². The molecule has 14 heavy (non-hydrogen) atoms. The Labute approximate surface area is 83.6 Å². The number of H-pyrrole nitrogens is 1. The van der Waals surface area contributed by atoms with E-state index in [1.54, 1.807) is 6.92 Å². The Kier molecular flexibility index (Phi) is 3.41. The van der Waals surface area contributed by atoms with Crippen LogP contribution < -0.4 is 11.3 Å². The summed E-state index contributed by atoms with van der Waals surface area (Å²) >= 11 is 0. The second kappa shape index (κ2) is 4.37. The highest BCUT2D eigenvalue weighted by Crippen LogP contribution is 2.08. The molecule has 0 fully saturated rings. The lowest BCUT2D eigenvalue weighted by Gasteiger charge is -2.10. The van der Waals surface area contributed by atoms with E-state index in [0.29, 0.717) is 11.4 Å². The minimum Gasteiger partial charge on any atom is -0.321 e. The first-order valence-electron chi connectivity index (χ1n) is 4.95. The third-order valence-corrected chi connectivity index (χ3v) is 2.40. The quantitative estimate of drug-likeness (QED) is 0.757. The van der Waals surface area contributed by atoms with Gasteiger partial charge in [0.2, 0.25) is 0 Å². The van der Waals surface area contributed by atoms with Crippen LogP contribution in [0.15, 0.2) is 4.79 Å². The van der Waals surface area contributed by atoms with Crippen LogP contribution in [0.4, 0.5) is 0 Å². The average Bonchev–Trinajstić information content (AvgIpc) is 2.20. The molecule has 0 amide bonds. The first-order chi connectivity index (χ1) is 6.60. The number of nitrogens with one attached hydrogen (secondary N) is 1. The van der Waals surface area contributed by atoms with E-state index in [0.717, 1.165) is 18.5 Å². The highest BCUT2D eigenvalue weighted by atomic mass is 16.1. The fourth-order valence-corrected chi connectivity index (χ4v) is 1.31. The molecule has 0 aliphatic heterocycles. The van der Waals surface area contributed by atoms with Crippen molar-refractivity contribution in [3.63, 3.8) is 0 Å². The first kappa shape index (κ1) is 10.9. The number of hydrogen-bond donors (Lipinski definition) is 2. The van der Waals surface area contributed by atoms with Gasteiger partial charge in [-0.15, -0.1) is 0 Å². The number of aromatic nitrogens is 2. The monoisotopic (exact) mass is 195 g/mol. The molecule has 0 saturated heterocycles. The molecule has 3 N–H and O–H groups in total. The fraction of sp³-hybridized carbons (Fsp3) is 0.600. The van der Waals surface area contributed by atoms with Gasteiger partial charge < -0.3 is 10.7 Å². The minimum absolute atomic E-state index is 0.0734.